The first-order valence-electron chi connectivity index (χ1n) is 9.67. The van der Waals surface area contributed by atoms with Crippen LogP contribution in [0.4, 0.5) is 10.5 Å². The molecule has 0 spiro atoms. The number of carbonyl (C=O) groups excluding carboxylic acids is 3. The summed E-state index contributed by atoms with van der Waals surface area (Å²) in [4.78, 5) is 39.0. The predicted molar refractivity (Wildman–Crippen MR) is 130 cm³/mol. The Morgan fingerprint density at radius 2 is 1.64 bits per heavy atom. The van der Waals surface area contributed by atoms with E-state index in [1.807, 2.05) is 18.2 Å². The van der Waals surface area contributed by atoms with Gasteiger partial charge in [0.15, 0.2) is 0 Å². The molecule has 0 aromatic heterocycles. The van der Waals surface area contributed by atoms with Crippen LogP contribution in [0.3, 0.4) is 0 Å². The highest BCUT2D eigenvalue weighted by atomic mass is 79.9. The lowest BCUT2D eigenvalue weighted by Crippen LogP contribution is -2.54. The zero-order valence-electron chi connectivity index (χ0n) is 16.8. The number of amides is 4. The lowest BCUT2D eigenvalue weighted by molar-refractivity contribution is -0.122. The van der Waals surface area contributed by atoms with Crippen molar-refractivity contribution in [1.29, 1.82) is 0 Å². The highest BCUT2D eigenvalue weighted by Crippen LogP contribution is 2.31. The third kappa shape index (κ3) is 4.95. The van der Waals surface area contributed by atoms with Gasteiger partial charge in [-0.3, -0.25) is 14.9 Å². The van der Waals surface area contributed by atoms with Crippen LogP contribution in [0.25, 0.3) is 6.08 Å². The standard InChI is InChI=1S/C24H15BrCl2N2O4/c25-16-9-10-21(33-13-14-5-1-2-6-18(14)26)15(11-16)12-17-22(30)28-24(32)29(23(17)31)20-8-4-3-7-19(20)27/h1-12H,13H2,(H,28,30,32)/b17-12+. The van der Waals surface area contributed by atoms with Crippen molar-refractivity contribution in [3.05, 3.63) is 97.9 Å². The van der Waals surface area contributed by atoms with Crippen LogP contribution < -0.4 is 15.0 Å². The van der Waals surface area contributed by atoms with Gasteiger partial charge in [0.25, 0.3) is 11.8 Å². The van der Waals surface area contributed by atoms with Crippen molar-refractivity contribution in [3.8, 4) is 5.75 Å². The van der Waals surface area contributed by atoms with Crippen LogP contribution >= 0.6 is 39.1 Å². The van der Waals surface area contributed by atoms with Crippen LogP contribution in [0.2, 0.25) is 10.0 Å². The Morgan fingerprint density at radius 1 is 0.939 bits per heavy atom. The molecule has 3 aromatic rings. The van der Waals surface area contributed by atoms with E-state index in [1.54, 1.807) is 42.5 Å². The summed E-state index contributed by atoms with van der Waals surface area (Å²) in [5, 5.41) is 2.94. The number of imide groups is 2. The van der Waals surface area contributed by atoms with Gasteiger partial charge in [0.1, 0.15) is 17.9 Å². The number of ether oxygens (including phenoxy) is 1. The molecule has 3 aromatic carbocycles. The fourth-order valence-corrected chi connectivity index (χ4v) is 3.99. The maximum absolute atomic E-state index is 13.2. The minimum Gasteiger partial charge on any atom is -0.488 e. The Kier molecular flexibility index (Phi) is 6.83. The molecule has 4 amide bonds. The molecule has 0 radical (unpaired) electrons. The lowest BCUT2D eigenvalue weighted by atomic mass is 10.1. The van der Waals surface area contributed by atoms with Gasteiger partial charge < -0.3 is 4.74 Å². The van der Waals surface area contributed by atoms with Crippen molar-refractivity contribution in [2.24, 2.45) is 0 Å². The van der Waals surface area contributed by atoms with E-state index in [0.717, 1.165) is 10.5 Å². The number of carbonyl (C=O) groups is 3. The minimum absolute atomic E-state index is 0.171. The highest BCUT2D eigenvalue weighted by Gasteiger charge is 2.37. The summed E-state index contributed by atoms with van der Waals surface area (Å²) < 4.78 is 6.64. The first-order chi connectivity index (χ1) is 15.8. The molecule has 6 nitrogen and oxygen atoms in total. The Balaban J connectivity index is 1.70. The van der Waals surface area contributed by atoms with Gasteiger partial charge in [0, 0.05) is 20.6 Å². The third-order valence-corrected chi connectivity index (χ3v) is 5.99. The molecular formula is C24H15BrCl2N2O4. The molecule has 0 aliphatic carbocycles. The Morgan fingerprint density at radius 3 is 2.36 bits per heavy atom. The number of halogens is 3. The van der Waals surface area contributed by atoms with Gasteiger partial charge in [0.2, 0.25) is 0 Å². The van der Waals surface area contributed by atoms with Crippen molar-refractivity contribution < 1.29 is 19.1 Å². The van der Waals surface area contributed by atoms with Gasteiger partial charge in [-0.1, -0.05) is 69.5 Å². The zero-order chi connectivity index (χ0) is 23.5. The second-order valence-electron chi connectivity index (χ2n) is 6.97. The topological polar surface area (TPSA) is 75.7 Å². The molecule has 0 unspecified atom stereocenters. The van der Waals surface area contributed by atoms with Crippen LogP contribution in [0, 0.1) is 0 Å². The smallest absolute Gasteiger partial charge is 0.335 e. The van der Waals surface area contributed by atoms with E-state index < -0.39 is 17.8 Å². The fourth-order valence-electron chi connectivity index (χ4n) is 3.20. The SMILES string of the molecule is O=C1NC(=O)N(c2ccccc2Cl)C(=O)/C1=C/c1cc(Br)ccc1OCc1ccccc1Cl. The van der Waals surface area contributed by atoms with E-state index in [9.17, 15) is 14.4 Å². The molecule has 1 aliphatic rings. The number of para-hydroxylation sites is 1. The number of hydrogen-bond acceptors (Lipinski definition) is 4. The fraction of sp³-hybridized carbons (Fsp3) is 0.0417. The Hall–Kier alpha value is -3.13. The molecule has 166 valence electrons. The van der Waals surface area contributed by atoms with Crippen LogP contribution in [-0.2, 0) is 16.2 Å². The van der Waals surface area contributed by atoms with Crippen LogP contribution in [-0.4, -0.2) is 17.8 Å². The van der Waals surface area contributed by atoms with Crippen molar-refractivity contribution in [2.75, 3.05) is 4.90 Å². The number of urea groups is 1. The average Bonchev–Trinajstić information content (AvgIpc) is 2.78. The number of nitrogens with zero attached hydrogens (tertiary/aromatic N) is 1. The average molecular weight is 546 g/mol. The van der Waals surface area contributed by atoms with Gasteiger partial charge in [-0.25, -0.2) is 9.69 Å². The minimum atomic E-state index is -0.875. The Labute approximate surface area is 207 Å². The maximum atomic E-state index is 13.2. The largest absolute Gasteiger partial charge is 0.488 e. The molecule has 0 saturated carbocycles. The quantitative estimate of drug-likeness (QED) is 0.315. The molecule has 33 heavy (non-hydrogen) atoms. The summed E-state index contributed by atoms with van der Waals surface area (Å²) in [5.74, 6) is -1.19. The molecule has 0 bridgehead atoms. The lowest BCUT2D eigenvalue weighted by Gasteiger charge is -2.27. The molecule has 1 fully saturated rings. The number of rotatable bonds is 5. The van der Waals surface area contributed by atoms with Crippen LogP contribution in [0.15, 0.2) is 76.8 Å². The molecule has 1 saturated heterocycles. The van der Waals surface area contributed by atoms with Crippen molar-refractivity contribution >= 4 is 68.7 Å². The van der Waals surface area contributed by atoms with Crippen molar-refractivity contribution in [1.82, 2.24) is 5.32 Å². The summed E-state index contributed by atoms with van der Waals surface area (Å²) in [6.45, 7) is 0.182. The van der Waals surface area contributed by atoms with Crippen LogP contribution in [0.1, 0.15) is 11.1 Å². The summed E-state index contributed by atoms with van der Waals surface area (Å²) >= 11 is 15.8. The van der Waals surface area contributed by atoms with Gasteiger partial charge in [-0.05, 0) is 42.5 Å². The second kappa shape index (κ2) is 9.79. The normalized spacial score (nSPS) is 15.1. The molecule has 9 heteroatoms. The third-order valence-electron chi connectivity index (χ3n) is 4.81. The maximum Gasteiger partial charge on any atom is 0.335 e. The first kappa shape index (κ1) is 23.0. The molecule has 1 heterocycles. The number of anilines is 1. The summed E-state index contributed by atoms with van der Waals surface area (Å²) in [6.07, 6.45) is 1.38. The summed E-state index contributed by atoms with van der Waals surface area (Å²) in [7, 11) is 0. The molecule has 4 rings (SSSR count). The summed E-state index contributed by atoms with van der Waals surface area (Å²) in [5.41, 5.74) is 1.17. The van der Waals surface area contributed by atoms with Gasteiger partial charge in [0.05, 0.1) is 10.7 Å². The van der Waals surface area contributed by atoms with E-state index >= 15 is 0 Å². The molecular weight excluding hydrogens is 531 g/mol. The molecule has 1 N–H and O–H groups in total. The highest BCUT2D eigenvalue weighted by molar-refractivity contribution is 9.10. The summed E-state index contributed by atoms with van der Waals surface area (Å²) in [6, 6.07) is 17.9. The molecule has 1 aliphatic heterocycles. The Bertz CT molecular complexity index is 1310. The number of benzene rings is 3. The predicted octanol–water partition coefficient (Wildman–Crippen LogP) is 6.00. The number of hydrogen-bond donors (Lipinski definition) is 1. The van der Waals surface area contributed by atoms with Gasteiger partial charge >= 0.3 is 6.03 Å². The number of barbiturate groups is 1. The zero-order valence-corrected chi connectivity index (χ0v) is 19.9. The van der Waals surface area contributed by atoms with Crippen molar-refractivity contribution in [3.63, 3.8) is 0 Å². The monoisotopic (exact) mass is 544 g/mol. The van der Waals surface area contributed by atoms with E-state index in [1.165, 1.54) is 12.1 Å². The van der Waals surface area contributed by atoms with E-state index in [0.29, 0.717) is 20.8 Å². The second-order valence-corrected chi connectivity index (χ2v) is 8.70. The first-order valence-corrected chi connectivity index (χ1v) is 11.2. The molecule has 0 atom stereocenters. The van der Waals surface area contributed by atoms with Crippen molar-refractivity contribution in [2.45, 2.75) is 6.61 Å². The van der Waals surface area contributed by atoms with E-state index in [4.69, 9.17) is 27.9 Å². The van der Waals surface area contributed by atoms with Crippen LogP contribution in [0.5, 0.6) is 5.75 Å². The van der Waals surface area contributed by atoms with E-state index in [-0.39, 0.29) is 22.9 Å². The van der Waals surface area contributed by atoms with Gasteiger partial charge in [-0.15, -0.1) is 0 Å². The van der Waals surface area contributed by atoms with E-state index in [2.05, 4.69) is 21.2 Å². The number of nitrogens with one attached hydrogen (secondary N) is 1. The van der Waals surface area contributed by atoms with Gasteiger partial charge in [-0.2, -0.15) is 0 Å².